The van der Waals surface area contributed by atoms with Crippen LogP contribution in [0.1, 0.15) is 29.3 Å². The standard InChI is InChI=1S/C11H18N2OS/c1-8(11-6-13-9(2)15-11)12-5-10-3-4-14-7-10/h6,8,10,12H,3-5,7H2,1-2H3. The molecule has 2 heterocycles. The average Bonchev–Trinajstić information content (AvgIpc) is 2.84. The van der Waals surface area contributed by atoms with Crippen molar-refractivity contribution in [2.24, 2.45) is 5.92 Å². The van der Waals surface area contributed by atoms with Crippen LogP contribution in [0.5, 0.6) is 0 Å². The minimum Gasteiger partial charge on any atom is -0.381 e. The molecule has 0 radical (unpaired) electrons. The second kappa shape index (κ2) is 5.05. The summed E-state index contributed by atoms with van der Waals surface area (Å²) in [5.74, 6) is 0.696. The first-order valence-corrected chi connectivity index (χ1v) is 6.31. The molecule has 1 aliphatic rings. The third kappa shape index (κ3) is 3.00. The van der Waals surface area contributed by atoms with Crippen molar-refractivity contribution >= 4 is 11.3 Å². The van der Waals surface area contributed by atoms with Crippen LogP contribution in [0, 0.1) is 12.8 Å². The summed E-state index contributed by atoms with van der Waals surface area (Å²) in [5.41, 5.74) is 0. The third-order valence-electron chi connectivity index (χ3n) is 2.80. The van der Waals surface area contributed by atoms with Gasteiger partial charge in [0, 0.05) is 30.3 Å². The van der Waals surface area contributed by atoms with E-state index in [9.17, 15) is 0 Å². The lowest BCUT2D eigenvalue weighted by atomic mass is 10.1. The fraction of sp³-hybridized carbons (Fsp3) is 0.727. The second-order valence-electron chi connectivity index (χ2n) is 4.14. The van der Waals surface area contributed by atoms with Crippen LogP contribution in [0.3, 0.4) is 0 Å². The quantitative estimate of drug-likeness (QED) is 0.854. The zero-order valence-electron chi connectivity index (χ0n) is 9.32. The van der Waals surface area contributed by atoms with Gasteiger partial charge in [0.25, 0.3) is 0 Å². The van der Waals surface area contributed by atoms with E-state index < -0.39 is 0 Å². The molecule has 0 spiro atoms. The Bertz CT molecular complexity index is 307. The Kier molecular flexibility index (Phi) is 3.72. The van der Waals surface area contributed by atoms with Crippen LogP contribution in [0.2, 0.25) is 0 Å². The van der Waals surface area contributed by atoms with E-state index in [4.69, 9.17) is 4.74 Å². The molecule has 0 aliphatic carbocycles. The molecule has 0 saturated carbocycles. The first-order valence-electron chi connectivity index (χ1n) is 5.49. The summed E-state index contributed by atoms with van der Waals surface area (Å²) >= 11 is 1.77. The van der Waals surface area contributed by atoms with E-state index in [0.717, 1.165) is 24.8 Å². The largest absolute Gasteiger partial charge is 0.381 e. The molecule has 0 aromatic carbocycles. The molecular formula is C11H18N2OS. The van der Waals surface area contributed by atoms with Gasteiger partial charge in [0.2, 0.25) is 0 Å². The van der Waals surface area contributed by atoms with Crippen LogP contribution in [-0.4, -0.2) is 24.7 Å². The van der Waals surface area contributed by atoms with E-state index in [0.29, 0.717) is 12.0 Å². The summed E-state index contributed by atoms with van der Waals surface area (Å²) in [6.45, 7) is 7.15. The van der Waals surface area contributed by atoms with Gasteiger partial charge in [-0.3, -0.25) is 0 Å². The van der Waals surface area contributed by atoms with Gasteiger partial charge in [-0.15, -0.1) is 11.3 Å². The first kappa shape index (κ1) is 11.0. The number of nitrogens with one attached hydrogen (secondary N) is 1. The van der Waals surface area contributed by atoms with Gasteiger partial charge < -0.3 is 10.1 Å². The summed E-state index contributed by atoms with van der Waals surface area (Å²) in [4.78, 5) is 5.60. The second-order valence-corrected chi connectivity index (χ2v) is 5.41. The SMILES string of the molecule is Cc1ncc(C(C)NCC2CCOC2)s1. The van der Waals surface area contributed by atoms with Crippen molar-refractivity contribution in [3.8, 4) is 0 Å². The monoisotopic (exact) mass is 226 g/mol. The minimum absolute atomic E-state index is 0.414. The van der Waals surface area contributed by atoms with Crippen LogP contribution in [0.25, 0.3) is 0 Å². The highest BCUT2D eigenvalue weighted by molar-refractivity contribution is 7.11. The fourth-order valence-electron chi connectivity index (χ4n) is 1.77. The molecular weight excluding hydrogens is 208 g/mol. The summed E-state index contributed by atoms with van der Waals surface area (Å²) in [5, 5.41) is 4.69. The predicted molar refractivity (Wildman–Crippen MR) is 62.2 cm³/mol. The Morgan fingerprint density at radius 3 is 3.20 bits per heavy atom. The number of hydrogen-bond acceptors (Lipinski definition) is 4. The van der Waals surface area contributed by atoms with Crippen LogP contribution in [-0.2, 0) is 4.74 Å². The van der Waals surface area contributed by atoms with Gasteiger partial charge in [0.15, 0.2) is 0 Å². The third-order valence-corrected chi connectivity index (χ3v) is 3.90. The number of rotatable bonds is 4. The number of aryl methyl sites for hydroxylation is 1. The highest BCUT2D eigenvalue weighted by Crippen LogP contribution is 2.20. The Hall–Kier alpha value is -0.450. The Morgan fingerprint density at radius 1 is 1.73 bits per heavy atom. The number of thiazole rings is 1. The van der Waals surface area contributed by atoms with Crippen molar-refractivity contribution < 1.29 is 4.74 Å². The lowest BCUT2D eigenvalue weighted by molar-refractivity contribution is 0.184. The number of nitrogens with zero attached hydrogens (tertiary/aromatic N) is 1. The topological polar surface area (TPSA) is 34.2 Å². The fourth-order valence-corrected chi connectivity index (χ4v) is 2.58. The van der Waals surface area contributed by atoms with E-state index in [2.05, 4.69) is 17.2 Å². The molecule has 2 unspecified atom stereocenters. The van der Waals surface area contributed by atoms with Crippen LogP contribution < -0.4 is 5.32 Å². The molecule has 1 aromatic rings. The maximum absolute atomic E-state index is 5.35. The summed E-state index contributed by atoms with van der Waals surface area (Å²) in [6.07, 6.45) is 3.17. The smallest absolute Gasteiger partial charge is 0.0897 e. The molecule has 1 aromatic heterocycles. The molecule has 0 amide bonds. The van der Waals surface area contributed by atoms with E-state index in [1.807, 2.05) is 13.1 Å². The lowest BCUT2D eigenvalue weighted by Gasteiger charge is -2.14. The van der Waals surface area contributed by atoms with Gasteiger partial charge >= 0.3 is 0 Å². The van der Waals surface area contributed by atoms with Crippen molar-refractivity contribution in [1.29, 1.82) is 0 Å². The molecule has 2 rings (SSSR count). The first-order chi connectivity index (χ1) is 7.25. The number of ether oxygens (including phenoxy) is 1. The van der Waals surface area contributed by atoms with Gasteiger partial charge in [-0.2, -0.15) is 0 Å². The molecule has 84 valence electrons. The summed E-state index contributed by atoms with van der Waals surface area (Å²) in [6, 6.07) is 0.414. The van der Waals surface area contributed by atoms with Gasteiger partial charge in [-0.05, 0) is 26.2 Å². The molecule has 15 heavy (non-hydrogen) atoms. The van der Waals surface area contributed by atoms with Crippen LogP contribution >= 0.6 is 11.3 Å². The Balaban J connectivity index is 1.79. The molecule has 0 bridgehead atoms. The highest BCUT2D eigenvalue weighted by atomic mass is 32.1. The molecule has 1 saturated heterocycles. The molecule has 1 N–H and O–H groups in total. The zero-order valence-corrected chi connectivity index (χ0v) is 10.1. The molecule has 1 fully saturated rings. The van der Waals surface area contributed by atoms with Crippen molar-refractivity contribution in [2.45, 2.75) is 26.3 Å². The van der Waals surface area contributed by atoms with Crippen molar-refractivity contribution in [2.75, 3.05) is 19.8 Å². The van der Waals surface area contributed by atoms with Gasteiger partial charge in [0.05, 0.1) is 11.6 Å². The molecule has 1 aliphatic heterocycles. The predicted octanol–water partition coefficient (Wildman–Crippen LogP) is 2.14. The maximum Gasteiger partial charge on any atom is 0.0897 e. The van der Waals surface area contributed by atoms with Gasteiger partial charge in [-0.1, -0.05) is 0 Å². The van der Waals surface area contributed by atoms with Crippen LogP contribution in [0.15, 0.2) is 6.20 Å². The normalized spacial score (nSPS) is 23.2. The zero-order chi connectivity index (χ0) is 10.7. The Labute approximate surface area is 94.9 Å². The van der Waals surface area contributed by atoms with E-state index >= 15 is 0 Å². The van der Waals surface area contributed by atoms with Crippen molar-refractivity contribution in [3.63, 3.8) is 0 Å². The lowest BCUT2D eigenvalue weighted by Crippen LogP contribution is -2.25. The van der Waals surface area contributed by atoms with E-state index in [1.54, 1.807) is 11.3 Å². The average molecular weight is 226 g/mol. The van der Waals surface area contributed by atoms with E-state index in [-0.39, 0.29) is 0 Å². The molecule has 4 heteroatoms. The summed E-state index contributed by atoms with van der Waals surface area (Å²) in [7, 11) is 0. The van der Waals surface area contributed by atoms with Crippen LogP contribution in [0.4, 0.5) is 0 Å². The number of hydrogen-bond donors (Lipinski definition) is 1. The van der Waals surface area contributed by atoms with E-state index in [1.165, 1.54) is 11.3 Å². The van der Waals surface area contributed by atoms with Gasteiger partial charge in [0.1, 0.15) is 0 Å². The minimum atomic E-state index is 0.414. The number of aromatic nitrogens is 1. The van der Waals surface area contributed by atoms with Gasteiger partial charge in [-0.25, -0.2) is 4.98 Å². The summed E-state index contributed by atoms with van der Waals surface area (Å²) < 4.78 is 5.35. The molecule has 3 nitrogen and oxygen atoms in total. The molecule has 2 atom stereocenters. The van der Waals surface area contributed by atoms with Crippen molar-refractivity contribution in [1.82, 2.24) is 10.3 Å². The van der Waals surface area contributed by atoms with Crippen molar-refractivity contribution in [3.05, 3.63) is 16.1 Å². The highest BCUT2D eigenvalue weighted by Gasteiger charge is 2.17. The Morgan fingerprint density at radius 2 is 2.60 bits per heavy atom. The maximum atomic E-state index is 5.35.